The Hall–Kier alpha value is -4.13. The number of hydrogen-bond donors (Lipinski definition) is 1. The van der Waals surface area contributed by atoms with Gasteiger partial charge in [-0.15, -0.1) is 0 Å². The number of hydrogen-bond acceptors (Lipinski definition) is 5. The van der Waals surface area contributed by atoms with Gasteiger partial charge in [-0.2, -0.15) is 0 Å². The molecule has 1 atom stereocenters. The molecule has 0 fully saturated rings. The molecule has 0 spiro atoms. The Labute approximate surface area is 205 Å². The number of esters is 1. The molecule has 1 heterocycles. The van der Waals surface area contributed by atoms with Gasteiger partial charge in [0.05, 0.1) is 24.4 Å². The van der Waals surface area contributed by atoms with E-state index in [4.69, 9.17) is 9.57 Å². The van der Waals surface area contributed by atoms with E-state index >= 15 is 0 Å². The number of aryl methyl sites for hydroxylation is 1. The fourth-order valence-electron chi connectivity index (χ4n) is 3.82. The standard InChI is InChI=1S/C28H29N3O4/c1-3-34-27(32)23-13-15-24(16-14-23)29-28(33)31(18-21-7-5-4-6-8-21)19-25-17-26(30-35-25)22-11-9-20(2)10-12-22/h4-16,25H,3,17-19H2,1-2H3,(H,29,33). The van der Waals surface area contributed by atoms with Crippen molar-refractivity contribution >= 4 is 23.4 Å². The zero-order valence-electron chi connectivity index (χ0n) is 19.9. The highest BCUT2D eigenvalue weighted by Crippen LogP contribution is 2.20. The number of ether oxygens (including phenoxy) is 1. The minimum atomic E-state index is -0.390. The molecular weight excluding hydrogens is 442 g/mol. The zero-order chi connectivity index (χ0) is 24.6. The molecule has 0 bridgehead atoms. The first-order chi connectivity index (χ1) is 17.0. The number of carbonyl (C=O) groups excluding carboxylic acids is 2. The van der Waals surface area contributed by atoms with Crippen molar-refractivity contribution in [2.24, 2.45) is 5.16 Å². The first-order valence-electron chi connectivity index (χ1n) is 11.7. The third-order valence-electron chi connectivity index (χ3n) is 5.69. The summed E-state index contributed by atoms with van der Waals surface area (Å²) in [7, 11) is 0. The Morgan fingerprint density at radius 3 is 2.43 bits per heavy atom. The van der Waals surface area contributed by atoms with Crippen LogP contribution in [-0.4, -0.2) is 41.9 Å². The molecule has 180 valence electrons. The lowest BCUT2D eigenvalue weighted by Crippen LogP contribution is -2.40. The summed E-state index contributed by atoms with van der Waals surface area (Å²) in [6.45, 7) is 4.92. The maximum absolute atomic E-state index is 13.2. The lowest BCUT2D eigenvalue weighted by Gasteiger charge is -2.25. The van der Waals surface area contributed by atoms with Gasteiger partial charge in [0.25, 0.3) is 0 Å². The van der Waals surface area contributed by atoms with Gasteiger partial charge in [-0.1, -0.05) is 65.3 Å². The normalized spacial score (nSPS) is 14.6. The highest BCUT2D eigenvalue weighted by molar-refractivity contribution is 6.01. The summed E-state index contributed by atoms with van der Waals surface area (Å²) in [5.41, 5.74) is 5.13. The molecule has 0 saturated carbocycles. The fraction of sp³-hybridized carbons (Fsp3) is 0.250. The number of benzene rings is 3. The number of carbonyl (C=O) groups is 2. The van der Waals surface area contributed by atoms with Crippen LogP contribution in [0.2, 0.25) is 0 Å². The van der Waals surface area contributed by atoms with E-state index in [2.05, 4.69) is 10.5 Å². The van der Waals surface area contributed by atoms with Crippen LogP contribution in [0.1, 0.15) is 40.4 Å². The molecule has 1 aliphatic heterocycles. The molecule has 7 heteroatoms. The summed E-state index contributed by atoms with van der Waals surface area (Å²) < 4.78 is 5.01. The highest BCUT2D eigenvalue weighted by Gasteiger charge is 2.27. The van der Waals surface area contributed by atoms with Crippen molar-refractivity contribution in [3.8, 4) is 0 Å². The molecule has 0 saturated heterocycles. The minimum absolute atomic E-state index is 0.244. The third kappa shape index (κ3) is 6.47. The average molecular weight is 472 g/mol. The van der Waals surface area contributed by atoms with Gasteiger partial charge in [-0.05, 0) is 49.2 Å². The van der Waals surface area contributed by atoms with Gasteiger partial charge in [0.1, 0.15) is 0 Å². The number of nitrogens with one attached hydrogen (secondary N) is 1. The van der Waals surface area contributed by atoms with E-state index < -0.39 is 0 Å². The van der Waals surface area contributed by atoms with Gasteiger partial charge < -0.3 is 19.8 Å². The van der Waals surface area contributed by atoms with Gasteiger partial charge in [0, 0.05) is 18.7 Å². The molecule has 1 aliphatic rings. The Morgan fingerprint density at radius 1 is 1.03 bits per heavy atom. The van der Waals surface area contributed by atoms with Crippen LogP contribution in [0.25, 0.3) is 0 Å². The lowest BCUT2D eigenvalue weighted by atomic mass is 10.0. The first kappa shape index (κ1) is 24.0. The van der Waals surface area contributed by atoms with E-state index in [-0.39, 0.29) is 18.1 Å². The van der Waals surface area contributed by atoms with Crippen LogP contribution in [0.5, 0.6) is 0 Å². The molecule has 1 N–H and O–H groups in total. The van der Waals surface area contributed by atoms with E-state index in [0.717, 1.165) is 16.8 Å². The quantitative estimate of drug-likeness (QED) is 0.446. The van der Waals surface area contributed by atoms with E-state index in [9.17, 15) is 9.59 Å². The van der Waals surface area contributed by atoms with Crippen LogP contribution < -0.4 is 5.32 Å². The van der Waals surface area contributed by atoms with Crippen molar-refractivity contribution in [2.45, 2.75) is 32.9 Å². The minimum Gasteiger partial charge on any atom is -0.462 e. The van der Waals surface area contributed by atoms with Gasteiger partial charge >= 0.3 is 12.0 Å². The number of oxime groups is 1. The molecule has 0 aliphatic carbocycles. The molecule has 4 rings (SSSR count). The molecular formula is C28H29N3O4. The lowest BCUT2D eigenvalue weighted by molar-refractivity contribution is 0.0526. The van der Waals surface area contributed by atoms with Crippen molar-refractivity contribution < 1.29 is 19.2 Å². The van der Waals surface area contributed by atoms with Crippen molar-refractivity contribution in [1.29, 1.82) is 0 Å². The third-order valence-corrected chi connectivity index (χ3v) is 5.69. The largest absolute Gasteiger partial charge is 0.462 e. The van der Waals surface area contributed by atoms with Crippen molar-refractivity contribution in [3.05, 3.63) is 101 Å². The van der Waals surface area contributed by atoms with Crippen molar-refractivity contribution in [1.82, 2.24) is 4.90 Å². The number of nitrogens with zero attached hydrogens (tertiary/aromatic N) is 2. The van der Waals surface area contributed by atoms with Gasteiger partial charge in [0.15, 0.2) is 6.10 Å². The number of rotatable bonds is 8. The van der Waals surface area contributed by atoms with E-state index in [1.165, 1.54) is 5.56 Å². The maximum Gasteiger partial charge on any atom is 0.338 e. The molecule has 35 heavy (non-hydrogen) atoms. The molecule has 0 aromatic heterocycles. The summed E-state index contributed by atoms with van der Waals surface area (Å²) in [4.78, 5) is 32.5. The van der Waals surface area contributed by atoms with Crippen LogP contribution in [-0.2, 0) is 16.1 Å². The molecule has 3 aromatic carbocycles. The molecule has 3 aromatic rings. The van der Waals surface area contributed by atoms with E-state index in [0.29, 0.717) is 37.4 Å². The monoisotopic (exact) mass is 471 g/mol. The zero-order valence-corrected chi connectivity index (χ0v) is 19.9. The molecule has 0 radical (unpaired) electrons. The highest BCUT2D eigenvalue weighted by atomic mass is 16.6. The predicted octanol–water partition coefficient (Wildman–Crippen LogP) is 5.40. The Bertz CT molecular complexity index is 1180. The van der Waals surface area contributed by atoms with Gasteiger partial charge in [-0.3, -0.25) is 0 Å². The molecule has 2 amide bonds. The van der Waals surface area contributed by atoms with Crippen LogP contribution in [0.15, 0.2) is 84.0 Å². The molecule has 1 unspecified atom stereocenters. The first-order valence-corrected chi connectivity index (χ1v) is 11.7. The van der Waals surface area contributed by atoms with E-state index in [1.807, 2.05) is 61.5 Å². The summed E-state index contributed by atoms with van der Waals surface area (Å²) in [5, 5.41) is 7.20. The van der Waals surface area contributed by atoms with Gasteiger partial charge in [-0.25, -0.2) is 9.59 Å². The second-order valence-corrected chi connectivity index (χ2v) is 8.43. The smallest absolute Gasteiger partial charge is 0.338 e. The van der Waals surface area contributed by atoms with Crippen LogP contribution in [0, 0.1) is 6.92 Å². The predicted molar refractivity (Wildman–Crippen MR) is 135 cm³/mol. The second-order valence-electron chi connectivity index (χ2n) is 8.43. The number of anilines is 1. The van der Waals surface area contributed by atoms with Crippen molar-refractivity contribution in [2.75, 3.05) is 18.5 Å². The summed E-state index contributed by atoms with van der Waals surface area (Å²) in [5.74, 6) is -0.390. The summed E-state index contributed by atoms with van der Waals surface area (Å²) >= 11 is 0. The van der Waals surface area contributed by atoms with Crippen LogP contribution in [0.3, 0.4) is 0 Å². The Morgan fingerprint density at radius 2 is 1.74 bits per heavy atom. The van der Waals surface area contributed by atoms with Crippen LogP contribution >= 0.6 is 0 Å². The summed E-state index contributed by atoms with van der Waals surface area (Å²) in [6, 6.07) is 24.4. The topological polar surface area (TPSA) is 80.2 Å². The van der Waals surface area contributed by atoms with Gasteiger partial charge in [0.2, 0.25) is 0 Å². The number of amides is 2. The average Bonchev–Trinajstić information content (AvgIpc) is 3.34. The second kappa shape index (κ2) is 11.3. The SMILES string of the molecule is CCOC(=O)c1ccc(NC(=O)N(Cc2ccccc2)CC2CC(c3ccc(C)cc3)=NO2)cc1. The van der Waals surface area contributed by atoms with E-state index in [1.54, 1.807) is 36.1 Å². The Kier molecular flexibility index (Phi) is 7.77. The molecule has 7 nitrogen and oxygen atoms in total. The van der Waals surface area contributed by atoms with Crippen molar-refractivity contribution in [3.63, 3.8) is 0 Å². The van der Waals surface area contributed by atoms with Crippen LogP contribution in [0.4, 0.5) is 10.5 Å². The maximum atomic E-state index is 13.2. The number of urea groups is 1. The fourth-order valence-corrected chi connectivity index (χ4v) is 3.82. The summed E-state index contributed by atoms with van der Waals surface area (Å²) in [6.07, 6.45) is 0.377. The Balaban J connectivity index is 1.43.